The van der Waals surface area contributed by atoms with Gasteiger partial charge >= 0.3 is 0 Å². The van der Waals surface area contributed by atoms with Gasteiger partial charge in [-0.2, -0.15) is 0 Å². The summed E-state index contributed by atoms with van der Waals surface area (Å²) in [7, 11) is 1.63. The number of hydrogen-bond acceptors (Lipinski definition) is 4. The maximum absolute atomic E-state index is 11.5. The zero-order valence-corrected chi connectivity index (χ0v) is 11.6. The lowest BCUT2D eigenvalue weighted by molar-refractivity contribution is 0.101. The lowest BCUT2D eigenvalue weighted by atomic mass is 10.0. The highest BCUT2D eigenvalue weighted by Gasteiger charge is 2.10. The molecule has 0 saturated heterocycles. The van der Waals surface area contributed by atoms with Gasteiger partial charge in [0.05, 0.1) is 6.61 Å². The zero-order chi connectivity index (χ0) is 14.4. The summed E-state index contributed by atoms with van der Waals surface area (Å²) in [6.45, 7) is 2.53. The van der Waals surface area contributed by atoms with Crippen LogP contribution in [0.15, 0.2) is 42.7 Å². The molecular weight excluding hydrogens is 254 g/mol. The Bertz CT molecular complexity index is 582. The molecular formula is C16H17NO3. The van der Waals surface area contributed by atoms with Crippen LogP contribution in [0.2, 0.25) is 0 Å². The summed E-state index contributed by atoms with van der Waals surface area (Å²) in [4.78, 5) is 15.6. The minimum Gasteiger partial charge on any atom is -0.491 e. The van der Waals surface area contributed by atoms with Gasteiger partial charge in [-0.05, 0) is 31.2 Å². The highest BCUT2D eigenvalue weighted by Crippen LogP contribution is 2.30. The van der Waals surface area contributed by atoms with Gasteiger partial charge in [0.2, 0.25) is 0 Å². The second kappa shape index (κ2) is 6.82. The van der Waals surface area contributed by atoms with Crippen LogP contribution in [0.25, 0.3) is 11.1 Å². The van der Waals surface area contributed by atoms with Crippen molar-refractivity contribution in [2.45, 2.75) is 6.92 Å². The third-order valence-electron chi connectivity index (χ3n) is 2.90. The van der Waals surface area contributed by atoms with Gasteiger partial charge in [0.25, 0.3) is 0 Å². The number of methoxy groups -OCH3 is 1. The number of Topliss-reactive ketones (excluding diaryl/α,β-unsaturated/α-hetero) is 1. The second-order valence-corrected chi connectivity index (χ2v) is 4.35. The van der Waals surface area contributed by atoms with Gasteiger partial charge in [-0.15, -0.1) is 0 Å². The van der Waals surface area contributed by atoms with Crippen LogP contribution in [0.5, 0.6) is 5.75 Å². The predicted octanol–water partition coefficient (Wildman–Crippen LogP) is 2.98. The Morgan fingerprint density at radius 3 is 2.75 bits per heavy atom. The van der Waals surface area contributed by atoms with Gasteiger partial charge in [-0.3, -0.25) is 9.78 Å². The number of ether oxygens (including phenoxy) is 2. The molecule has 0 aliphatic rings. The van der Waals surface area contributed by atoms with E-state index >= 15 is 0 Å². The van der Waals surface area contributed by atoms with E-state index in [0.717, 1.165) is 16.9 Å². The summed E-state index contributed by atoms with van der Waals surface area (Å²) in [6.07, 6.45) is 3.46. The van der Waals surface area contributed by atoms with Gasteiger partial charge < -0.3 is 9.47 Å². The molecule has 0 bridgehead atoms. The fourth-order valence-electron chi connectivity index (χ4n) is 1.86. The van der Waals surface area contributed by atoms with Gasteiger partial charge in [0.1, 0.15) is 12.4 Å². The van der Waals surface area contributed by atoms with E-state index in [1.165, 1.54) is 0 Å². The van der Waals surface area contributed by atoms with E-state index in [9.17, 15) is 4.79 Å². The van der Waals surface area contributed by atoms with E-state index < -0.39 is 0 Å². The molecule has 0 fully saturated rings. The molecule has 104 valence electrons. The summed E-state index contributed by atoms with van der Waals surface area (Å²) in [5.41, 5.74) is 2.44. The van der Waals surface area contributed by atoms with Crippen molar-refractivity contribution in [2.75, 3.05) is 20.3 Å². The third-order valence-corrected chi connectivity index (χ3v) is 2.90. The largest absolute Gasteiger partial charge is 0.491 e. The molecule has 0 N–H and O–H groups in total. The summed E-state index contributed by atoms with van der Waals surface area (Å²) < 4.78 is 10.7. The number of benzene rings is 1. The maximum Gasteiger partial charge on any atom is 0.159 e. The Morgan fingerprint density at radius 2 is 2.10 bits per heavy atom. The Balaban J connectivity index is 2.38. The van der Waals surface area contributed by atoms with Crippen molar-refractivity contribution >= 4 is 5.78 Å². The molecule has 1 aromatic heterocycles. The van der Waals surface area contributed by atoms with E-state index in [0.29, 0.717) is 18.8 Å². The first kappa shape index (κ1) is 14.2. The maximum atomic E-state index is 11.5. The van der Waals surface area contributed by atoms with Crippen LogP contribution in [-0.4, -0.2) is 31.1 Å². The SMILES string of the molecule is COCCOc1ccc(C(C)=O)cc1-c1cccnc1. The lowest BCUT2D eigenvalue weighted by Gasteiger charge is -2.12. The molecule has 4 nitrogen and oxygen atoms in total. The van der Waals surface area contributed by atoms with Crippen molar-refractivity contribution < 1.29 is 14.3 Å². The highest BCUT2D eigenvalue weighted by atomic mass is 16.5. The van der Waals surface area contributed by atoms with E-state index in [2.05, 4.69) is 4.98 Å². The molecule has 0 amide bonds. The average molecular weight is 271 g/mol. The van der Waals surface area contributed by atoms with E-state index in [4.69, 9.17) is 9.47 Å². The first-order chi connectivity index (χ1) is 9.72. The highest BCUT2D eigenvalue weighted by molar-refractivity contribution is 5.96. The second-order valence-electron chi connectivity index (χ2n) is 4.35. The van der Waals surface area contributed by atoms with Crippen LogP contribution in [0.4, 0.5) is 0 Å². The molecule has 2 rings (SSSR count). The molecule has 0 atom stereocenters. The number of rotatable bonds is 6. The van der Waals surface area contributed by atoms with Gasteiger partial charge in [-0.1, -0.05) is 6.07 Å². The van der Waals surface area contributed by atoms with Crippen molar-refractivity contribution in [2.24, 2.45) is 0 Å². The number of carbonyl (C=O) groups excluding carboxylic acids is 1. The summed E-state index contributed by atoms with van der Waals surface area (Å²) in [6, 6.07) is 9.21. The van der Waals surface area contributed by atoms with Crippen molar-refractivity contribution in [1.82, 2.24) is 4.98 Å². The Hall–Kier alpha value is -2.20. The minimum absolute atomic E-state index is 0.0265. The molecule has 0 aliphatic carbocycles. The number of ketones is 1. The molecule has 4 heteroatoms. The topological polar surface area (TPSA) is 48.4 Å². The lowest BCUT2D eigenvalue weighted by Crippen LogP contribution is -2.05. The van der Waals surface area contributed by atoms with E-state index in [1.54, 1.807) is 32.5 Å². The van der Waals surface area contributed by atoms with Crippen LogP contribution in [0.3, 0.4) is 0 Å². The summed E-state index contributed by atoms with van der Waals surface area (Å²) in [5.74, 6) is 0.749. The number of carbonyl (C=O) groups is 1. The summed E-state index contributed by atoms with van der Waals surface area (Å²) in [5, 5.41) is 0. The van der Waals surface area contributed by atoms with Gasteiger partial charge in [0.15, 0.2) is 5.78 Å². The van der Waals surface area contributed by atoms with Crippen LogP contribution in [0, 0.1) is 0 Å². The molecule has 2 aromatic rings. The minimum atomic E-state index is 0.0265. The normalized spacial score (nSPS) is 10.3. The molecule has 1 heterocycles. The number of pyridine rings is 1. The average Bonchev–Trinajstić information content (AvgIpc) is 2.48. The van der Waals surface area contributed by atoms with E-state index in [1.807, 2.05) is 24.3 Å². The summed E-state index contributed by atoms with van der Waals surface area (Å²) >= 11 is 0. The molecule has 0 spiro atoms. The Morgan fingerprint density at radius 1 is 1.25 bits per heavy atom. The standard InChI is InChI=1S/C16H17NO3/c1-12(18)13-5-6-16(20-9-8-19-2)15(10-13)14-4-3-7-17-11-14/h3-7,10-11H,8-9H2,1-2H3. The number of aromatic nitrogens is 1. The zero-order valence-electron chi connectivity index (χ0n) is 11.6. The van der Waals surface area contributed by atoms with Crippen LogP contribution >= 0.6 is 0 Å². The monoisotopic (exact) mass is 271 g/mol. The van der Waals surface area contributed by atoms with Crippen LogP contribution < -0.4 is 4.74 Å². The first-order valence-electron chi connectivity index (χ1n) is 6.39. The Kier molecular flexibility index (Phi) is 4.85. The van der Waals surface area contributed by atoms with Crippen LogP contribution in [0.1, 0.15) is 17.3 Å². The van der Waals surface area contributed by atoms with E-state index in [-0.39, 0.29) is 5.78 Å². The van der Waals surface area contributed by atoms with Crippen LogP contribution in [-0.2, 0) is 4.74 Å². The molecule has 20 heavy (non-hydrogen) atoms. The molecule has 0 aliphatic heterocycles. The van der Waals surface area contributed by atoms with Gasteiger partial charge in [0, 0.05) is 36.2 Å². The quantitative estimate of drug-likeness (QED) is 0.598. The molecule has 0 saturated carbocycles. The predicted molar refractivity (Wildman–Crippen MR) is 77.0 cm³/mol. The Labute approximate surface area is 118 Å². The van der Waals surface area contributed by atoms with Crippen molar-refractivity contribution in [1.29, 1.82) is 0 Å². The van der Waals surface area contributed by atoms with Crippen molar-refractivity contribution in [3.63, 3.8) is 0 Å². The third kappa shape index (κ3) is 3.42. The molecule has 0 radical (unpaired) electrons. The first-order valence-corrected chi connectivity index (χ1v) is 6.39. The fraction of sp³-hybridized carbons (Fsp3) is 0.250. The van der Waals surface area contributed by atoms with Gasteiger partial charge in [-0.25, -0.2) is 0 Å². The number of hydrogen-bond donors (Lipinski definition) is 0. The number of nitrogens with zero attached hydrogens (tertiary/aromatic N) is 1. The molecule has 1 aromatic carbocycles. The smallest absolute Gasteiger partial charge is 0.159 e. The van der Waals surface area contributed by atoms with Crippen molar-refractivity contribution in [3.8, 4) is 16.9 Å². The fourth-order valence-corrected chi connectivity index (χ4v) is 1.86. The van der Waals surface area contributed by atoms with Crippen molar-refractivity contribution in [3.05, 3.63) is 48.3 Å². The molecule has 0 unspecified atom stereocenters.